The first-order valence-corrected chi connectivity index (χ1v) is 6.82. The summed E-state index contributed by atoms with van der Waals surface area (Å²) in [5.41, 5.74) is 1.52. The van der Waals surface area contributed by atoms with Gasteiger partial charge in [-0.05, 0) is 50.3 Å². The van der Waals surface area contributed by atoms with Crippen LogP contribution in [0.2, 0.25) is 0 Å². The first-order valence-electron chi connectivity index (χ1n) is 5.74. The van der Waals surface area contributed by atoms with Gasteiger partial charge in [0.15, 0.2) is 0 Å². The number of halogens is 1. The molecule has 1 heterocycles. The van der Waals surface area contributed by atoms with Crippen molar-refractivity contribution in [2.24, 2.45) is 7.05 Å². The molecule has 1 aromatic heterocycles. The number of ether oxygens (including phenoxy) is 1. The number of rotatable bonds is 2. The fourth-order valence-electron chi connectivity index (χ4n) is 1.48. The molecule has 0 saturated carbocycles. The topological polar surface area (TPSA) is 47.4 Å². The minimum atomic E-state index is -0.471. The Morgan fingerprint density at radius 2 is 2.06 bits per heavy atom. The standard InChI is InChI=1S/C12H20IN3O2/c1-8-10(13)9(16(6)14-8)7-15(5)11(17)18-12(2,3)4/h7H2,1-6H3. The number of hydrogen-bond acceptors (Lipinski definition) is 3. The molecular weight excluding hydrogens is 345 g/mol. The van der Waals surface area contributed by atoms with E-state index in [-0.39, 0.29) is 6.09 Å². The fraction of sp³-hybridized carbons (Fsp3) is 0.667. The van der Waals surface area contributed by atoms with E-state index in [1.165, 1.54) is 0 Å². The average molecular weight is 365 g/mol. The van der Waals surface area contributed by atoms with Gasteiger partial charge in [-0.15, -0.1) is 0 Å². The van der Waals surface area contributed by atoms with Crippen molar-refractivity contribution in [1.82, 2.24) is 14.7 Å². The highest BCUT2D eigenvalue weighted by Crippen LogP contribution is 2.18. The second kappa shape index (κ2) is 5.46. The molecule has 0 aliphatic heterocycles. The molecule has 0 aliphatic carbocycles. The van der Waals surface area contributed by atoms with Crippen LogP contribution in [0.4, 0.5) is 4.79 Å². The molecule has 0 radical (unpaired) electrons. The summed E-state index contributed by atoms with van der Waals surface area (Å²) in [7, 11) is 3.61. The lowest BCUT2D eigenvalue weighted by atomic mass is 10.2. The monoisotopic (exact) mass is 365 g/mol. The van der Waals surface area contributed by atoms with E-state index in [4.69, 9.17) is 4.74 Å². The first-order chi connectivity index (χ1) is 8.11. The third kappa shape index (κ3) is 3.86. The van der Waals surface area contributed by atoms with Gasteiger partial charge in [-0.2, -0.15) is 5.10 Å². The summed E-state index contributed by atoms with van der Waals surface area (Å²) in [4.78, 5) is 13.4. The van der Waals surface area contributed by atoms with Gasteiger partial charge in [0.25, 0.3) is 0 Å². The van der Waals surface area contributed by atoms with Crippen LogP contribution in [0.1, 0.15) is 32.2 Å². The molecule has 5 nitrogen and oxygen atoms in total. The van der Waals surface area contributed by atoms with Crippen molar-refractivity contribution in [3.05, 3.63) is 15.0 Å². The molecule has 0 unspecified atom stereocenters. The van der Waals surface area contributed by atoms with E-state index in [1.54, 1.807) is 16.6 Å². The van der Waals surface area contributed by atoms with Gasteiger partial charge >= 0.3 is 6.09 Å². The Hall–Kier alpha value is -0.790. The van der Waals surface area contributed by atoms with E-state index in [0.29, 0.717) is 6.54 Å². The van der Waals surface area contributed by atoms with Crippen LogP contribution in [0.25, 0.3) is 0 Å². The van der Waals surface area contributed by atoms with Crippen molar-refractivity contribution in [2.45, 2.75) is 39.8 Å². The predicted molar refractivity (Wildman–Crippen MR) is 78.4 cm³/mol. The largest absolute Gasteiger partial charge is 0.444 e. The molecule has 0 N–H and O–H groups in total. The van der Waals surface area contributed by atoms with Gasteiger partial charge in [0.2, 0.25) is 0 Å². The molecule has 1 aromatic rings. The number of nitrogens with zero attached hydrogens (tertiary/aromatic N) is 3. The Kier molecular flexibility index (Phi) is 4.63. The van der Waals surface area contributed by atoms with Crippen LogP contribution in [-0.4, -0.2) is 33.4 Å². The van der Waals surface area contributed by atoms with E-state index in [1.807, 2.05) is 34.7 Å². The van der Waals surface area contributed by atoms with Crippen LogP contribution in [0.15, 0.2) is 0 Å². The second-order valence-electron chi connectivity index (χ2n) is 5.31. The van der Waals surface area contributed by atoms with Gasteiger partial charge in [0, 0.05) is 14.1 Å². The van der Waals surface area contributed by atoms with E-state index < -0.39 is 5.60 Å². The van der Waals surface area contributed by atoms with Gasteiger partial charge in [0.05, 0.1) is 21.5 Å². The highest BCUT2D eigenvalue weighted by molar-refractivity contribution is 14.1. The Morgan fingerprint density at radius 3 is 2.44 bits per heavy atom. The van der Waals surface area contributed by atoms with E-state index in [9.17, 15) is 4.79 Å². The van der Waals surface area contributed by atoms with Crippen LogP contribution in [0.5, 0.6) is 0 Å². The zero-order valence-electron chi connectivity index (χ0n) is 11.7. The molecule has 1 amide bonds. The van der Waals surface area contributed by atoms with Crippen molar-refractivity contribution in [2.75, 3.05) is 7.05 Å². The number of aromatic nitrogens is 2. The maximum atomic E-state index is 11.9. The molecule has 0 saturated heterocycles. The molecular formula is C12H20IN3O2. The van der Waals surface area contributed by atoms with Crippen molar-refractivity contribution in [3.63, 3.8) is 0 Å². The molecule has 18 heavy (non-hydrogen) atoms. The van der Waals surface area contributed by atoms with Crippen molar-refractivity contribution < 1.29 is 9.53 Å². The third-order valence-corrected chi connectivity index (χ3v) is 3.76. The summed E-state index contributed by atoms with van der Waals surface area (Å²) < 4.78 is 8.21. The van der Waals surface area contributed by atoms with Crippen LogP contribution in [0.3, 0.4) is 0 Å². The summed E-state index contributed by atoms with van der Waals surface area (Å²) in [5, 5.41) is 4.33. The van der Waals surface area contributed by atoms with E-state index >= 15 is 0 Å². The lowest BCUT2D eigenvalue weighted by Crippen LogP contribution is -2.34. The summed E-state index contributed by atoms with van der Waals surface area (Å²) in [6, 6.07) is 0. The van der Waals surface area contributed by atoms with Crippen LogP contribution >= 0.6 is 22.6 Å². The summed E-state index contributed by atoms with van der Waals surface area (Å²) in [6.45, 7) is 8.02. The minimum Gasteiger partial charge on any atom is -0.444 e. The van der Waals surface area contributed by atoms with Gasteiger partial charge in [-0.25, -0.2) is 4.79 Å². The predicted octanol–water partition coefficient (Wildman–Crippen LogP) is 2.70. The SMILES string of the molecule is Cc1nn(C)c(CN(C)C(=O)OC(C)(C)C)c1I. The Balaban J connectivity index is 2.76. The number of hydrogen-bond donors (Lipinski definition) is 0. The van der Waals surface area contributed by atoms with Gasteiger partial charge in [-0.3, -0.25) is 4.68 Å². The Morgan fingerprint density at radius 1 is 1.50 bits per heavy atom. The first kappa shape index (κ1) is 15.3. The highest BCUT2D eigenvalue weighted by atomic mass is 127. The Bertz CT molecular complexity index is 449. The summed E-state index contributed by atoms with van der Waals surface area (Å²) in [6.07, 6.45) is -0.322. The van der Waals surface area contributed by atoms with Crippen LogP contribution in [-0.2, 0) is 18.3 Å². The number of carbonyl (C=O) groups excluding carboxylic acids is 1. The molecule has 0 bridgehead atoms. The van der Waals surface area contributed by atoms with E-state index in [2.05, 4.69) is 27.7 Å². The smallest absolute Gasteiger partial charge is 0.410 e. The molecule has 0 fully saturated rings. The number of carbonyl (C=O) groups is 1. The molecule has 0 spiro atoms. The van der Waals surface area contributed by atoms with Crippen molar-refractivity contribution >= 4 is 28.7 Å². The van der Waals surface area contributed by atoms with Gasteiger partial charge in [-0.1, -0.05) is 0 Å². The fourth-order valence-corrected chi connectivity index (χ4v) is 2.11. The molecule has 0 aromatic carbocycles. The average Bonchev–Trinajstić information content (AvgIpc) is 2.42. The number of aryl methyl sites for hydroxylation is 2. The van der Waals surface area contributed by atoms with Crippen LogP contribution < -0.4 is 0 Å². The van der Waals surface area contributed by atoms with Gasteiger partial charge < -0.3 is 9.64 Å². The zero-order chi connectivity index (χ0) is 14.1. The number of amides is 1. The highest BCUT2D eigenvalue weighted by Gasteiger charge is 2.21. The maximum absolute atomic E-state index is 11.9. The maximum Gasteiger partial charge on any atom is 0.410 e. The second-order valence-corrected chi connectivity index (χ2v) is 6.38. The summed E-state index contributed by atoms with van der Waals surface area (Å²) in [5.74, 6) is 0. The van der Waals surface area contributed by atoms with E-state index in [0.717, 1.165) is 15.0 Å². The molecule has 102 valence electrons. The lowest BCUT2D eigenvalue weighted by molar-refractivity contribution is 0.0281. The molecule has 0 atom stereocenters. The molecule has 6 heteroatoms. The lowest BCUT2D eigenvalue weighted by Gasteiger charge is -2.24. The quantitative estimate of drug-likeness (QED) is 0.758. The normalized spacial score (nSPS) is 11.5. The molecule has 0 aliphatic rings. The van der Waals surface area contributed by atoms with Crippen molar-refractivity contribution in [3.8, 4) is 0 Å². The third-order valence-electron chi connectivity index (χ3n) is 2.35. The van der Waals surface area contributed by atoms with Crippen molar-refractivity contribution in [1.29, 1.82) is 0 Å². The minimum absolute atomic E-state index is 0.322. The Labute approximate surface area is 122 Å². The van der Waals surface area contributed by atoms with Crippen LogP contribution in [0, 0.1) is 10.5 Å². The summed E-state index contributed by atoms with van der Waals surface area (Å²) >= 11 is 2.25. The zero-order valence-corrected chi connectivity index (χ0v) is 13.9. The van der Waals surface area contributed by atoms with Gasteiger partial charge in [0.1, 0.15) is 5.60 Å². The molecule has 1 rings (SSSR count).